The molecule has 1 aromatic carbocycles. The van der Waals surface area contributed by atoms with Crippen LogP contribution in [-0.4, -0.2) is 54.3 Å². The second-order valence-corrected chi connectivity index (χ2v) is 7.09. The first-order chi connectivity index (χ1) is 13.2. The number of nitrogens with zero attached hydrogens (tertiary/aromatic N) is 3. The van der Waals surface area contributed by atoms with E-state index in [1.165, 1.54) is 0 Å². The lowest BCUT2D eigenvalue weighted by molar-refractivity contribution is -0.126. The summed E-state index contributed by atoms with van der Waals surface area (Å²) in [4.78, 5) is 18.9. The molecule has 1 fully saturated rings. The zero-order valence-electron chi connectivity index (χ0n) is 15.5. The van der Waals surface area contributed by atoms with Crippen molar-refractivity contribution in [3.05, 3.63) is 35.2 Å². The smallest absolute Gasteiger partial charge is 0.241 e. The van der Waals surface area contributed by atoms with Crippen molar-refractivity contribution in [1.82, 2.24) is 20.4 Å². The highest BCUT2D eigenvalue weighted by molar-refractivity contribution is 6.33. The van der Waals surface area contributed by atoms with Gasteiger partial charge >= 0.3 is 0 Å². The minimum atomic E-state index is 0.0742. The van der Waals surface area contributed by atoms with Gasteiger partial charge in [-0.05, 0) is 44.5 Å². The molecular weight excluding hydrogens is 368 g/mol. The van der Waals surface area contributed by atoms with Gasteiger partial charge in [0.15, 0.2) is 0 Å². The molecule has 1 aromatic heterocycles. The molecule has 1 N–H and O–H groups in total. The molecule has 1 aliphatic rings. The summed E-state index contributed by atoms with van der Waals surface area (Å²) in [5.74, 6) is 1.28. The van der Waals surface area contributed by atoms with E-state index in [1.807, 2.05) is 18.2 Å². The van der Waals surface area contributed by atoms with Gasteiger partial charge < -0.3 is 14.6 Å². The normalized spacial score (nSPS) is 15.8. The van der Waals surface area contributed by atoms with E-state index < -0.39 is 0 Å². The number of nitrogens with one attached hydrogen (secondary N) is 1. The van der Waals surface area contributed by atoms with E-state index in [0.717, 1.165) is 37.9 Å². The van der Waals surface area contributed by atoms with Crippen molar-refractivity contribution in [2.24, 2.45) is 5.92 Å². The summed E-state index contributed by atoms with van der Waals surface area (Å²) < 4.78 is 10.4. The molecule has 1 saturated heterocycles. The van der Waals surface area contributed by atoms with E-state index in [-0.39, 0.29) is 11.8 Å². The standard InChI is InChI=1S/C19H25ClN4O3/c1-26-12-4-9-21-19(25)14-7-10-24(11-8-14)13-17-22-18(23-27-17)15-5-2-3-6-16(15)20/h2-3,5-6,14H,4,7-13H2,1H3,(H,21,25). The molecule has 0 radical (unpaired) electrons. The molecule has 146 valence electrons. The summed E-state index contributed by atoms with van der Waals surface area (Å²) >= 11 is 6.18. The number of piperidine rings is 1. The van der Waals surface area contributed by atoms with Crippen molar-refractivity contribution in [2.45, 2.75) is 25.8 Å². The van der Waals surface area contributed by atoms with Gasteiger partial charge in [0, 0.05) is 31.7 Å². The summed E-state index contributed by atoms with van der Waals surface area (Å²) in [5.41, 5.74) is 0.762. The Kier molecular flexibility index (Phi) is 7.20. The lowest BCUT2D eigenvalue weighted by Gasteiger charge is -2.30. The summed E-state index contributed by atoms with van der Waals surface area (Å²) in [6.45, 7) is 3.58. The average Bonchev–Trinajstić information content (AvgIpc) is 3.14. The Bertz CT molecular complexity index is 744. The van der Waals surface area contributed by atoms with Crippen LogP contribution in [-0.2, 0) is 16.1 Å². The highest BCUT2D eigenvalue weighted by atomic mass is 35.5. The first-order valence-corrected chi connectivity index (χ1v) is 9.61. The molecule has 0 atom stereocenters. The second kappa shape index (κ2) is 9.82. The van der Waals surface area contributed by atoms with Crippen molar-refractivity contribution in [3.63, 3.8) is 0 Å². The molecule has 1 amide bonds. The zero-order chi connectivity index (χ0) is 19.1. The van der Waals surface area contributed by atoms with Crippen LogP contribution in [0.4, 0.5) is 0 Å². The summed E-state index contributed by atoms with van der Waals surface area (Å²) in [6.07, 6.45) is 2.51. The molecule has 8 heteroatoms. The summed E-state index contributed by atoms with van der Waals surface area (Å²) in [5, 5.41) is 7.62. The van der Waals surface area contributed by atoms with Gasteiger partial charge in [0.2, 0.25) is 17.6 Å². The van der Waals surface area contributed by atoms with Gasteiger partial charge in [-0.1, -0.05) is 28.9 Å². The Morgan fingerprint density at radius 2 is 2.15 bits per heavy atom. The number of carbonyl (C=O) groups excluding carboxylic acids is 1. The van der Waals surface area contributed by atoms with Crippen LogP contribution in [0.5, 0.6) is 0 Å². The quantitative estimate of drug-likeness (QED) is 0.696. The first-order valence-electron chi connectivity index (χ1n) is 9.24. The molecule has 0 unspecified atom stereocenters. The molecule has 0 bridgehead atoms. The highest BCUT2D eigenvalue weighted by Crippen LogP contribution is 2.25. The minimum Gasteiger partial charge on any atom is -0.385 e. The Morgan fingerprint density at radius 3 is 2.89 bits per heavy atom. The lowest BCUT2D eigenvalue weighted by Crippen LogP contribution is -2.40. The lowest BCUT2D eigenvalue weighted by atomic mass is 9.96. The van der Waals surface area contributed by atoms with Gasteiger partial charge in [-0.3, -0.25) is 9.69 Å². The number of aromatic nitrogens is 2. The van der Waals surface area contributed by atoms with E-state index in [0.29, 0.717) is 36.4 Å². The Balaban J connectivity index is 1.46. The fourth-order valence-corrected chi connectivity index (χ4v) is 3.41. The number of rotatable bonds is 8. The second-order valence-electron chi connectivity index (χ2n) is 6.68. The molecule has 27 heavy (non-hydrogen) atoms. The number of likely N-dealkylation sites (tertiary alicyclic amines) is 1. The van der Waals surface area contributed by atoms with Gasteiger partial charge in [-0.2, -0.15) is 4.98 Å². The Hall–Kier alpha value is -1.96. The van der Waals surface area contributed by atoms with E-state index >= 15 is 0 Å². The van der Waals surface area contributed by atoms with Crippen LogP contribution in [0.15, 0.2) is 28.8 Å². The Morgan fingerprint density at radius 1 is 1.37 bits per heavy atom. The molecule has 2 aromatic rings. The number of ether oxygens (including phenoxy) is 1. The van der Waals surface area contributed by atoms with Crippen molar-refractivity contribution < 1.29 is 14.1 Å². The van der Waals surface area contributed by atoms with Crippen LogP contribution in [0.1, 0.15) is 25.2 Å². The van der Waals surface area contributed by atoms with Crippen LogP contribution in [0, 0.1) is 5.92 Å². The predicted molar refractivity (Wildman–Crippen MR) is 102 cm³/mol. The van der Waals surface area contributed by atoms with E-state index in [1.54, 1.807) is 13.2 Å². The molecule has 0 saturated carbocycles. The third-order valence-electron chi connectivity index (χ3n) is 4.72. The zero-order valence-corrected chi connectivity index (χ0v) is 16.2. The maximum absolute atomic E-state index is 12.2. The third-order valence-corrected chi connectivity index (χ3v) is 5.05. The molecule has 0 aliphatic carbocycles. The number of amides is 1. The predicted octanol–water partition coefficient (Wildman–Crippen LogP) is 2.75. The third kappa shape index (κ3) is 5.51. The number of methoxy groups -OCH3 is 1. The fourth-order valence-electron chi connectivity index (χ4n) is 3.19. The fraction of sp³-hybridized carbons (Fsp3) is 0.526. The van der Waals surface area contributed by atoms with Crippen molar-refractivity contribution in [2.75, 3.05) is 33.4 Å². The van der Waals surface area contributed by atoms with Gasteiger partial charge in [0.25, 0.3) is 0 Å². The van der Waals surface area contributed by atoms with Crippen LogP contribution in [0.3, 0.4) is 0 Å². The maximum atomic E-state index is 12.2. The van der Waals surface area contributed by atoms with E-state index in [4.69, 9.17) is 20.9 Å². The SMILES string of the molecule is COCCCNC(=O)C1CCN(Cc2nc(-c3ccccc3Cl)no2)CC1. The summed E-state index contributed by atoms with van der Waals surface area (Å²) in [7, 11) is 1.67. The van der Waals surface area contributed by atoms with Crippen LogP contribution in [0.25, 0.3) is 11.4 Å². The number of halogens is 1. The molecule has 0 spiro atoms. The van der Waals surface area contributed by atoms with Gasteiger partial charge in [-0.25, -0.2) is 0 Å². The molecule has 1 aliphatic heterocycles. The Labute approximate surface area is 164 Å². The van der Waals surface area contributed by atoms with E-state index in [2.05, 4.69) is 20.4 Å². The van der Waals surface area contributed by atoms with E-state index in [9.17, 15) is 4.79 Å². The number of carbonyl (C=O) groups is 1. The van der Waals surface area contributed by atoms with Crippen LogP contribution < -0.4 is 5.32 Å². The molecule has 7 nitrogen and oxygen atoms in total. The largest absolute Gasteiger partial charge is 0.385 e. The summed E-state index contributed by atoms with van der Waals surface area (Å²) in [6, 6.07) is 7.43. The molecule has 2 heterocycles. The van der Waals surface area contributed by atoms with Gasteiger partial charge in [0.05, 0.1) is 11.6 Å². The number of hydrogen-bond donors (Lipinski definition) is 1. The average molecular weight is 393 g/mol. The monoisotopic (exact) mass is 392 g/mol. The van der Waals surface area contributed by atoms with Gasteiger partial charge in [-0.15, -0.1) is 0 Å². The molecular formula is C19H25ClN4O3. The first kappa shape index (κ1) is 19.8. The van der Waals surface area contributed by atoms with Crippen molar-refractivity contribution in [3.8, 4) is 11.4 Å². The topological polar surface area (TPSA) is 80.5 Å². The van der Waals surface area contributed by atoms with Gasteiger partial charge in [0.1, 0.15) is 0 Å². The minimum absolute atomic E-state index is 0.0742. The van der Waals surface area contributed by atoms with Crippen LogP contribution in [0.2, 0.25) is 5.02 Å². The number of hydrogen-bond acceptors (Lipinski definition) is 6. The van der Waals surface area contributed by atoms with Crippen molar-refractivity contribution in [1.29, 1.82) is 0 Å². The molecule has 3 rings (SSSR count). The maximum Gasteiger partial charge on any atom is 0.241 e. The number of benzene rings is 1. The highest BCUT2D eigenvalue weighted by Gasteiger charge is 2.25. The van der Waals surface area contributed by atoms with Crippen LogP contribution >= 0.6 is 11.6 Å². The van der Waals surface area contributed by atoms with Crippen molar-refractivity contribution >= 4 is 17.5 Å².